The van der Waals surface area contributed by atoms with E-state index in [1.165, 1.54) is 0 Å². The van der Waals surface area contributed by atoms with Crippen molar-refractivity contribution in [2.45, 2.75) is 26.4 Å². The van der Waals surface area contributed by atoms with Gasteiger partial charge in [0.05, 0.1) is 126 Å². The van der Waals surface area contributed by atoms with E-state index >= 15 is 0 Å². The molecule has 0 saturated carbocycles. The summed E-state index contributed by atoms with van der Waals surface area (Å²) in [5, 5.41) is 0. The Hall–Kier alpha value is -2.57. The number of ether oxygens (including phenoxy) is 12. The zero-order valence-corrected chi connectivity index (χ0v) is 29.4. The van der Waals surface area contributed by atoms with Crippen LogP contribution in [0, 0.1) is 0 Å². The Morgan fingerprint density at radius 1 is 0.449 bits per heavy atom. The molecule has 15 nitrogen and oxygen atoms in total. The lowest BCUT2D eigenvalue weighted by Gasteiger charge is -2.19. The number of hydrogen-bond donors (Lipinski definition) is 0. The van der Waals surface area contributed by atoms with Crippen LogP contribution in [0.3, 0.4) is 0 Å². The lowest BCUT2D eigenvalue weighted by Crippen LogP contribution is -2.27. The molecule has 15 heteroatoms. The molecule has 282 valence electrons. The second kappa shape index (κ2) is 31.4. The molecular formula is C34H56O15. The van der Waals surface area contributed by atoms with E-state index in [-0.39, 0.29) is 19.8 Å². The third-order valence-corrected chi connectivity index (χ3v) is 5.67. The maximum absolute atomic E-state index is 11.9. The van der Waals surface area contributed by atoms with E-state index in [1.54, 1.807) is 30.3 Å². The highest BCUT2D eigenvalue weighted by atomic mass is 16.6. The topological polar surface area (TPSA) is 162 Å². The second-order valence-electron chi connectivity index (χ2n) is 11.0. The molecular weight excluding hydrogens is 648 g/mol. The Kier molecular flexibility index (Phi) is 28.5. The molecule has 1 aromatic carbocycles. The van der Waals surface area contributed by atoms with Gasteiger partial charge in [-0.3, -0.25) is 4.79 Å². The summed E-state index contributed by atoms with van der Waals surface area (Å²) in [4.78, 5) is 35.1. The average molecular weight is 705 g/mol. The van der Waals surface area contributed by atoms with Gasteiger partial charge in [-0.2, -0.15) is 0 Å². The van der Waals surface area contributed by atoms with E-state index in [1.807, 2.05) is 20.8 Å². The number of carbonyl (C=O) groups is 3. The van der Waals surface area contributed by atoms with Crippen molar-refractivity contribution in [2.75, 3.05) is 139 Å². The molecule has 0 N–H and O–H groups in total. The van der Waals surface area contributed by atoms with Gasteiger partial charge in [-0.1, -0.05) is 30.3 Å². The Labute approximate surface area is 289 Å². The summed E-state index contributed by atoms with van der Waals surface area (Å²) in [6.45, 7) is 13.2. The van der Waals surface area contributed by atoms with Crippen molar-refractivity contribution in [3.05, 3.63) is 35.9 Å². The van der Waals surface area contributed by atoms with Crippen LogP contribution in [0.1, 0.15) is 31.1 Å². The second-order valence-corrected chi connectivity index (χ2v) is 11.0. The van der Waals surface area contributed by atoms with E-state index in [2.05, 4.69) is 0 Å². The summed E-state index contributed by atoms with van der Waals surface area (Å²) in [7, 11) is 0. The average Bonchev–Trinajstić information content (AvgIpc) is 3.08. The Morgan fingerprint density at radius 2 is 0.755 bits per heavy atom. The van der Waals surface area contributed by atoms with E-state index < -0.39 is 23.3 Å². The van der Waals surface area contributed by atoms with Gasteiger partial charge in [-0.15, -0.1) is 0 Å². The van der Waals surface area contributed by atoms with Crippen molar-refractivity contribution in [1.29, 1.82) is 0 Å². The van der Waals surface area contributed by atoms with Crippen molar-refractivity contribution in [3.8, 4) is 0 Å². The first-order valence-electron chi connectivity index (χ1n) is 16.6. The molecule has 1 aromatic rings. The van der Waals surface area contributed by atoms with Crippen molar-refractivity contribution < 1.29 is 71.2 Å². The van der Waals surface area contributed by atoms with Crippen molar-refractivity contribution in [2.24, 2.45) is 0 Å². The van der Waals surface area contributed by atoms with Crippen LogP contribution in [0.5, 0.6) is 0 Å². The van der Waals surface area contributed by atoms with E-state index in [0.29, 0.717) is 124 Å². The number of carbonyl (C=O) groups excluding carboxylic acids is 3. The monoisotopic (exact) mass is 704 g/mol. The smallest absolute Gasteiger partial charge is 0.379 e. The molecule has 0 saturated heterocycles. The predicted octanol–water partition coefficient (Wildman–Crippen LogP) is 1.92. The minimum Gasteiger partial charge on any atom is -0.458 e. The Morgan fingerprint density at radius 3 is 1.08 bits per heavy atom. The highest BCUT2D eigenvalue weighted by molar-refractivity contribution is 6.40. The van der Waals surface area contributed by atoms with Crippen LogP contribution in [0.4, 0.5) is 0 Å². The number of esters is 2. The van der Waals surface area contributed by atoms with Crippen LogP contribution >= 0.6 is 0 Å². The number of rotatable bonds is 34. The normalized spacial score (nSPS) is 11.5. The van der Waals surface area contributed by atoms with E-state index in [0.717, 1.165) is 0 Å². The summed E-state index contributed by atoms with van der Waals surface area (Å²) in [6.07, 6.45) is 0. The molecule has 0 spiro atoms. The molecule has 0 fully saturated rings. The highest BCUT2D eigenvalue weighted by Gasteiger charge is 2.17. The number of Topliss-reactive ketones (excluding diaryl/α,β-unsaturated/α-hetero) is 1. The van der Waals surface area contributed by atoms with Crippen LogP contribution in [-0.2, 0) is 66.4 Å². The Bertz CT molecular complexity index is 939. The minimum atomic E-state index is -0.902. The highest BCUT2D eigenvalue weighted by Crippen LogP contribution is 2.06. The zero-order chi connectivity index (χ0) is 35.7. The van der Waals surface area contributed by atoms with Crippen LogP contribution in [0.25, 0.3) is 0 Å². The van der Waals surface area contributed by atoms with Crippen LogP contribution < -0.4 is 0 Å². The molecule has 1 rings (SSSR count). The van der Waals surface area contributed by atoms with Gasteiger partial charge in [0.2, 0.25) is 0 Å². The van der Waals surface area contributed by atoms with E-state index in [4.69, 9.17) is 56.8 Å². The molecule has 0 aromatic heterocycles. The SMILES string of the molecule is CC(C)(C)OC(=O)COCCOCCOCCOCCOCCOCCOCCOCCOCCOCCOC(=O)C(=O)c1ccccc1. The van der Waals surface area contributed by atoms with Crippen molar-refractivity contribution >= 4 is 17.7 Å². The van der Waals surface area contributed by atoms with Gasteiger partial charge in [0.25, 0.3) is 5.78 Å². The summed E-state index contributed by atoms with van der Waals surface area (Å²) in [5.74, 6) is -1.98. The lowest BCUT2D eigenvalue weighted by atomic mass is 10.1. The fraction of sp³-hybridized carbons (Fsp3) is 0.735. The maximum atomic E-state index is 11.9. The third-order valence-electron chi connectivity index (χ3n) is 5.67. The van der Waals surface area contributed by atoms with Gasteiger partial charge in [0.1, 0.15) is 18.8 Å². The lowest BCUT2D eigenvalue weighted by molar-refractivity contribution is -0.160. The summed E-state index contributed by atoms with van der Waals surface area (Å²) in [5.41, 5.74) is -0.227. The number of benzene rings is 1. The van der Waals surface area contributed by atoms with Crippen molar-refractivity contribution in [1.82, 2.24) is 0 Å². The molecule has 49 heavy (non-hydrogen) atoms. The molecule has 0 atom stereocenters. The van der Waals surface area contributed by atoms with Gasteiger partial charge in [-0.05, 0) is 20.8 Å². The molecule has 0 amide bonds. The fourth-order valence-electron chi connectivity index (χ4n) is 3.47. The number of hydrogen-bond acceptors (Lipinski definition) is 15. The first kappa shape index (κ1) is 44.5. The van der Waals surface area contributed by atoms with Gasteiger partial charge in [0, 0.05) is 5.56 Å². The first-order chi connectivity index (χ1) is 23.8. The van der Waals surface area contributed by atoms with Crippen LogP contribution in [0.2, 0.25) is 0 Å². The van der Waals surface area contributed by atoms with Crippen LogP contribution in [0.15, 0.2) is 30.3 Å². The standard InChI is InChI=1S/C34H56O15/c1-34(2,3)49-31(35)29-47-26-25-45-22-21-43-18-17-41-14-13-39-10-9-38-11-12-40-15-16-42-19-20-44-23-24-46-27-28-48-33(37)32(36)30-7-5-4-6-8-30/h4-8H,9-29H2,1-3H3. The zero-order valence-electron chi connectivity index (χ0n) is 29.4. The summed E-state index contributed by atoms with van der Waals surface area (Å²) >= 11 is 0. The molecule has 0 bridgehead atoms. The van der Waals surface area contributed by atoms with Gasteiger partial charge in [0.15, 0.2) is 0 Å². The molecule has 0 unspecified atom stereocenters. The minimum absolute atomic E-state index is 0.00780. The Balaban J connectivity index is 1.68. The van der Waals surface area contributed by atoms with E-state index in [9.17, 15) is 14.4 Å². The molecule has 0 aliphatic heterocycles. The predicted molar refractivity (Wildman–Crippen MR) is 176 cm³/mol. The maximum Gasteiger partial charge on any atom is 0.379 e. The van der Waals surface area contributed by atoms with Crippen molar-refractivity contribution in [3.63, 3.8) is 0 Å². The number of ketones is 1. The summed E-state index contributed by atoms with van der Waals surface area (Å²) < 4.78 is 64.0. The molecule has 0 aliphatic carbocycles. The molecule has 0 radical (unpaired) electrons. The van der Waals surface area contributed by atoms with Crippen LogP contribution in [-0.4, -0.2) is 162 Å². The molecule has 0 aliphatic rings. The van der Waals surface area contributed by atoms with Gasteiger partial charge in [-0.25, -0.2) is 9.59 Å². The fourth-order valence-corrected chi connectivity index (χ4v) is 3.47. The quantitative estimate of drug-likeness (QED) is 0.0442. The van der Waals surface area contributed by atoms with Gasteiger partial charge >= 0.3 is 11.9 Å². The molecule has 0 heterocycles. The third kappa shape index (κ3) is 30.0. The van der Waals surface area contributed by atoms with Gasteiger partial charge < -0.3 is 56.8 Å². The summed E-state index contributed by atoms with van der Waals surface area (Å²) in [6, 6.07) is 8.24. The largest absolute Gasteiger partial charge is 0.458 e. The first-order valence-corrected chi connectivity index (χ1v) is 16.6.